The zero-order valence-electron chi connectivity index (χ0n) is 16.1. The number of halogens is 2. The molecule has 0 spiro atoms. The van der Waals surface area contributed by atoms with Gasteiger partial charge in [-0.1, -0.05) is 23.7 Å². The third-order valence-electron chi connectivity index (χ3n) is 4.77. The Morgan fingerprint density at radius 3 is 2.83 bits per heavy atom. The van der Waals surface area contributed by atoms with Crippen LogP contribution < -0.4 is 15.8 Å². The number of nitrogens with two attached hydrogens (primary N) is 1. The molecule has 156 valence electrons. The van der Waals surface area contributed by atoms with Crippen LogP contribution in [0.1, 0.15) is 12.0 Å². The highest BCUT2D eigenvalue weighted by Gasteiger charge is 2.18. The fourth-order valence-electron chi connectivity index (χ4n) is 3.28. The zero-order chi connectivity index (χ0) is 20.6. The number of hydrogen-bond acceptors (Lipinski definition) is 4. The first kappa shape index (κ1) is 21.4. The summed E-state index contributed by atoms with van der Waals surface area (Å²) in [4.78, 5) is 13.4. The number of hydrogen-bond donors (Lipinski definition) is 2. The van der Waals surface area contributed by atoms with E-state index in [-0.39, 0.29) is 11.9 Å². The molecule has 0 saturated carbocycles. The summed E-state index contributed by atoms with van der Waals surface area (Å²) in [5.74, 6) is 0.296. The number of rotatable bonds is 7. The summed E-state index contributed by atoms with van der Waals surface area (Å²) in [6, 6.07) is 10.9. The molecule has 1 unspecified atom stereocenters. The Bertz CT molecular complexity index is 819. The quantitative estimate of drug-likeness (QED) is 0.715. The average molecular weight is 422 g/mol. The van der Waals surface area contributed by atoms with E-state index in [1.54, 1.807) is 30.3 Å². The van der Waals surface area contributed by atoms with Crippen LogP contribution in [0.15, 0.2) is 42.5 Å². The topological polar surface area (TPSA) is 76.8 Å². The molecule has 2 amide bonds. The molecule has 1 heterocycles. The van der Waals surface area contributed by atoms with E-state index in [0.717, 1.165) is 38.0 Å². The summed E-state index contributed by atoms with van der Waals surface area (Å²) in [5.41, 5.74) is 6.71. The van der Waals surface area contributed by atoms with Crippen molar-refractivity contribution in [2.45, 2.75) is 18.9 Å². The van der Waals surface area contributed by atoms with Crippen molar-refractivity contribution in [1.82, 2.24) is 4.90 Å². The Morgan fingerprint density at radius 2 is 2.07 bits per heavy atom. The summed E-state index contributed by atoms with van der Waals surface area (Å²) in [5, 5.41) is 3.00. The molecule has 3 rings (SSSR count). The molecule has 3 N–H and O–H groups in total. The maximum Gasteiger partial charge on any atom is 0.316 e. The molecule has 1 atom stereocenters. The molecule has 1 aliphatic heterocycles. The third kappa shape index (κ3) is 6.88. The first-order valence-electron chi connectivity index (χ1n) is 9.57. The minimum atomic E-state index is -0.672. The van der Waals surface area contributed by atoms with Gasteiger partial charge in [0.15, 0.2) is 0 Å². The van der Waals surface area contributed by atoms with Crippen LogP contribution in [0.3, 0.4) is 0 Å². The fourth-order valence-corrected chi connectivity index (χ4v) is 3.45. The third-order valence-corrected chi connectivity index (χ3v) is 5.00. The van der Waals surface area contributed by atoms with Gasteiger partial charge in [0, 0.05) is 24.7 Å². The van der Waals surface area contributed by atoms with Crippen LogP contribution in [0.4, 0.5) is 14.9 Å². The minimum Gasteiger partial charge on any atom is -0.490 e. The average Bonchev–Trinajstić information content (AvgIpc) is 2.90. The van der Waals surface area contributed by atoms with Crippen molar-refractivity contribution in [3.8, 4) is 5.75 Å². The highest BCUT2D eigenvalue weighted by molar-refractivity contribution is 6.31. The highest BCUT2D eigenvalue weighted by Crippen LogP contribution is 2.28. The number of carbonyl (C=O) groups excluding carboxylic acids is 1. The Kier molecular flexibility index (Phi) is 7.69. The van der Waals surface area contributed by atoms with Crippen LogP contribution in [0.25, 0.3) is 0 Å². The second-order valence-corrected chi connectivity index (χ2v) is 7.37. The molecular formula is C21H25ClFN3O3. The Labute approximate surface area is 174 Å². The number of anilines is 1. The number of primary amides is 1. The molecule has 6 nitrogen and oxygen atoms in total. The van der Waals surface area contributed by atoms with E-state index in [2.05, 4.69) is 10.2 Å². The van der Waals surface area contributed by atoms with Crippen molar-refractivity contribution in [3.05, 3.63) is 58.9 Å². The fraction of sp³-hybridized carbons (Fsp3) is 0.381. The van der Waals surface area contributed by atoms with Gasteiger partial charge in [-0.25, -0.2) is 9.18 Å². The molecule has 0 aromatic heterocycles. The molecule has 29 heavy (non-hydrogen) atoms. The van der Waals surface area contributed by atoms with E-state index >= 15 is 0 Å². The van der Waals surface area contributed by atoms with Crippen molar-refractivity contribution in [2.24, 2.45) is 5.73 Å². The smallest absolute Gasteiger partial charge is 0.316 e. The minimum absolute atomic E-state index is 0.119. The van der Waals surface area contributed by atoms with Crippen LogP contribution in [0, 0.1) is 5.82 Å². The standard InChI is InChI=1S/C21H25ClFN3O3/c22-16-3-6-20(19(14-16)25-21(24)27)29-12-10-26-8-7-18(28-11-9-26)13-15-1-4-17(23)5-2-15/h1-6,14,18H,7-13H2,(H3,24,25,27). The van der Waals surface area contributed by atoms with Gasteiger partial charge in [0.2, 0.25) is 0 Å². The first-order chi connectivity index (χ1) is 14.0. The van der Waals surface area contributed by atoms with Gasteiger partial charge in [0.05, 0.1) is 18.4 Å². The van der Waals surface area contributed by atoms with E-state index in [1.165, 1.54) is 12.1 Å². The van der Waals surface area contributed by atoms with Crippen molar-refractivity contribution in [1.29, 1.82) is 0 Å². The lowest BCUT2D eigenvalue weighted by Gasteiger charge is -2.20. The number of nitrogens with one attached hydrogen (secondary N) is 1. The summed E-state index contributed by atoms with van der Waals surface area (Å²) >= 11 is 5.97. The summed E-state index contributed by atoms with van der Waals surface area (Å²) in [6.45, 7) is 3.53. The lowest BCUT2D eigenvalue weighted by molar-refractivity contribution is 0.0621. The molecule has 8 heteroatoms. The van der Waals surface area contributed by atoms with E-state index < -0.39 is 6.03 Å². The van der Waals surface area contributed by atoms with E-state index in [9.17, 15) is 9.18 Å². The van der Waals surface area contributed by atoms with Gasteiger partial charge in [0.1, 0.15) is 18.2 Å². The molecule has 0 bridgehead atoms. The van der Waals surface area contributed by atoms with Gasteiger partial charge in [-0.2, -0.15) is 0 Å². The number of urea groups is 1. The molecule has 1 fully saturated rings. The molecule has 1 aliphatic rings. The predicted octanol–water partition coefficient (Wildman–Crippen LogP) is 3.68. The largest absolute Gasteiger partial charge is 0.490 e. The van der Waals surface area contributed by atoms with Gasteiger partial charge < -0.3 is 20.5 Å². The number of ether oxygens (including phenoxy) is 2. The summed E-state index contributed by atoms with van der Waals surface area (Å²) in [7, 11) is 0. The normalized spacial score (nSPS) is 17.5. The van der Waals surface area contributed by atoms with Gasteiger partial charge in [-0.15, -0.1) is 0 Å². The first-order valence-corrected chi connectivity index (χ1v) is 9.94. The lowest BCUT2D eigenvalue weighted by Crippen LogP contribution is -2.31. The van der Waals surface area contributed by atoms with Crippen LogP contribution in [-0.4, -0.2) is 49.9 Å². The molecule has 0 radical (unpaired) electrons. The molecular weight excluding hydrogens is 397 g/mol. The number of carbonyl (C=O) groups is 1. The highest BCUT2D eigenvalue weighted by atomic mass is 35.5. The Balaban J connectivity index is 1.46. The van der Waals surface area contributed by atoms with Crippen molar-refractivity contribution in [2.75, 3.05) is 38.2 Å². The van der Waals surface area contributed by atoms with Crippen LogP contribution >= 0.6 is 11.6 Å². The van der Waals surface area contributed by atoms with Crippen LogP contribution in [0.2, 0.25) is 5.02 Å². The van der Waals surface area contributed by atoms with Gasteiger partial charge in [-0.05, 0) is 48.7 Å². The van der Waals surface area contributed by atoms with Gasteiger partial charge in [0.25, 0.3) is 0 Å². The second-order valence-electron chi connectivity index (χ2n) is 6.93. The molecule has 0 aliphatic carbocycles. The maximum atomic E-state index is 13.0. The van der Waals surface area contributed by atoms with Crippen molar-refractivity contribution in [3.63, 3.8) is 0 Å². The van der Waals surface area contributed by atoms with Gasteiger partial charge >= 0.3 is 6.03 Å². The number of nitrogens with zero attached hydrogens (tertiary/aromatic N) is 1. The van der Waals surface area contributed by atoms with Gasteiger partial charge in [-0.3, -0.25) is 4.90 Å². The monoisotopic (exact) mass is 421 g/mol. The molecule has 2 aromatic carbocycles. The number of benzene rings is 2. The Hall–Kier alpha value is -2.35. The predicted molar refractivity (Wildman–Crippen MR) is 111 cm³/mol. The lowest BCUT2D eigenvalue weighted by atomic mass is 10.1. The second kappa shape index (κ2) is 10.4. The maximum absolute atomic E-state index is 13.0. The Morgan fingerprint density at radius 1 is 1.28 bits per heavy atom. The van der Waals surface area contributed by atoms with Crippen molar-refractivity contribution < 1.29 is 18.7 Å². The summed E-state index contributed by atoms with van der Waals surface area (Å²) < 4.78 is 24.8. The van der Waals surface area contributed by atoms with Crippen LogP contribution in [0.5, 0.6) is 5.75 Å². The number of amides is 2. The molecule has 2 aromatic rings. The van der Waals surface area contributed by atoms with E-state index in [1.807, 2.05) is 0 Å². The zero-order valence-corrected chi connectivity index (χ0v) is 16.8. The van der Waals surface area contributed by atoms with Crippen molar-refractivity contribution >= 4 is 23.3 Å². The molecule has 1 saturated heterocycles. The summed E-state index contributed by atoms with van der Waals surface area (Å²) in [6.07, 6.45) is 1.79. The van der Waals surface area contributed by atoms with E-state index in [4.69, 9.17) is 26.8 Å². The SMILES string of the molecule is NC(=O)Nc1cc(Cl)ccc1OCCN1CCOC(Cc2ccc(F)cc2)CC1. The van der Waals surface area contributed by atoms with E-state index in [0.29, 0.717) is 29.7 Å². The van der Waals surface area contributed by atoms with Crippen LogP contribution in [-0.2, 0) is 11.2 Å².